The van der Waals surface area contributed by atoms with Crippen LogP contribution in [-0.4, -0.2) is 34.3 Å². The van der Waals surface area contributed by atoms with Crippen molar-refractivity contribution in [1.29, 1.82) is 0 Å². The molecule has 1 aromatic heterocycles. The van der Waals surface area contributed by atoms with E-state index in [1.54, 1.807) is 13.0 Å². The second-order valence-electron chi connectivity index (χ2n) is 8.26. The number of nitrogens with zero attached hydrogens (tertiary/aromatic N) is 3. The maximum Gasteiger partial charge on any atom is 0.428 e. The van der Waals surface area contributed by atoms with Gasteiger partial charge in [-0.15, -0.1) is 4.65 Å². The van der Waals surface area contributed by atoms with E-state index in [2.05, 4.69) is 9.97 Å². The maximum atomic E-state index is 14.8. The number of carboxylic acids is 1. The Labute approximate surface area is 203 Å². The largest absolute Gasteiger partial charge is 0.478 e. The van der Waals surface area contributed by atoms with E-state index < -0.39 is 34.9 Å². The van der Waals surface area contributed by atoms with Gasteiger partial charge in [0.25, 0.3) is 5.60 Å². The average molecular weight is 513 g/mol. The van der Waals surface area contributed by atoms with Crippen molar-refractivity contribution in [2.45, 2.75) is 31.2 Å². The molecule has 11 heteroatoms. The third-order valence-corrected chi connectivity index (χ3v) is 6.57. The van der Waals surface area contributed by atoms with Crippen LogP contribution in [-0.2, 0) is 10.4 Å². The van der Waals surface area contributed by atoms with Gasteiger partial charge in [0.15, 0.2) is 6.04 Å². The third kappa shape index (κ3) is 4.02. The van der Waals surface area contributed by atoms with Gasteiger partial charge in [-0.3, -0.25) is 0 Å². The molecular formula is C23H19Cl2F3N3O3+. The third-order valence-electron chi connectivity index (χ3n) is 6.13. The average Bonchev–Trinajstić information content (AvgIpc) is 3.09. The molecule has 2 heterocycles. The molecule has 1 saturated heterocycles. The summed E-state index contributed by atoms with van der Waals surface area (Å²) >= 11 is 12.1. The molecule has 1 N–H and O–H groups in total. The first kappa shape index (κ1) is 24.4. The summed E-state index contributed by atoms with van der Waals surface area (Å²) in [6, 6.07) is 7.27. The maximum absolute atomic E-state index is 14.8. The van der Waals surface area contributed by atoms with Gasteiger partial charge in [0.2, 0.25) is 5.69 Å². The van der Waals surface area contributed by atoms with Crippen molar-refractivity contribution >= 4 is 34.9 Å². The fourth-order valence-corrected chi connectivity index (χ4v) is 4.98. The molecule has 1 fully saturated rings. The highest BCUT2D eigenvalue weighted by Gasteiger charge is 2.70. The van der Waals surface area contributed by atoms with Crippen molar-refractivity contribution in [3.05, 3.63) is 87.4 Å². The molecule has 3 unspecified atom stereocenters. The highest BCUT2D eigenvalue weighted by Crippen LogP contribution is 2.59. The highest BCUT2D eigenvalue weighted by atomic mass is 35.5. The molecule has 3 aromatic rings. The van der Waals surface area contributed by atoms with Gasteiger partial charge >= 0.3 is 12.1 Å². The summed E-state index contributed by atoms with van der Waals surface area (Å²) in [5.74, 6) is -1.13. The Balaban J connectivity index is 1.96. The molecule has 4 rings (SSSR count). The van der Waals surface area contributed by atoms with Gasteiger partial charge in [0.1, 0.15) is 13.4 Å². The van der Waals surface area contributed by atoms with E-state index in [1.807, 2.05) is 0 Å². The SMILES string of the molecule is Cc1cc(C2CC(c3cc(Cl)cc(Cl)c3)(C(F)(F)F)O[N+]2(C)c2cncnc2)ccc1C(=O)O. The molecule has 1 aliphatic heterocycles. The summed E-state index contributed by atoms with van der Waals surface area (Å²) < 4.78 is 43.9. The van der Waals surface area contributed by atoms with Crippen LogP contribution in [0.25, 0.3) is 0 Å². The Morgan fingerprint density at radius 2 is 1.76 bits per heavy atom. The first-order chi connectivity index (χ1) is 15.9. The van der Waals surface area contributed by atoms with Crippen molar-refractivity contribution in [3.8, 4) is 0 Å². The summed E-state index contributed by atoms with van der Waals surface area (Å²) in [4.78, 5) is 25.4. The summed E-state index contributed by atoms with van der Waals surface area (Å²) in [7, 11) is 1.49. The number of aromatic nitrogens is 2. The molecule has 2 aromatic carbocycles. The predicted molar refractivity (Wildman–Crippen MR) is 121 cm³/mol. The monoisotopic (exact) mass is 512 g/mol. The van der Waals surface area contributed by atoms with Gasteiger partial charge < -0.3 is 5.11 Å². The minimum atomic E-state index is -4.85. The molecule has 6 nitrogen and oxygen atoms in total. The number of rotatable bonds is 4. The topological polar surface area (TPSA) is 72.3 Å². The van der Waals surface area contributed by atoms with Crippen molar-refractivity contribution in [2.24, 2.45) is 0 Å². The first-order valence-corrected chi connectivity index (χ1v) is 10.8. The van der Waals surface area contributed by atoms with E-state index in [1.165, 1.54) is 56.1 Å². The van der Waals surface area contributed by atoms with Crippen molar-refractivity contribution in [1.82, 2.24) is 14.6 Å². The van der Waals surface area contributed by atoms with Crippen molar-refractivity contribution < 1.29 is 27.9 Å². The van der Waals surface area contributed by atoms with E-state index in [9.17, 15) is 23.1 Å². The van der Waals surface area contributed by atoms with E-state index >= 15 is 0 Å². The highest BCUT2D eigenvalue weighted by molar-refractivity contribution is 6.34. The first-order valence-electron chi connectivity index (χ1n) is 10.1. The van der Waals surface area contributed by atoms with Crippen LogP contribution in [0.2, 0.25) is 10.0 Å². The molecule has 0 radical (unpaired) electrons. The van der Waals surface area contributed by atoms with Crippen LogP contribution in [0.5, 0.6) is 0 Å². The van der Waals surface area contributed by atoms with Gasteiger partial charge in [-0.05, 0) is 42.8 Å². The van der Waals surface area contributed by atoms with Crippen molar-refractivity contribution in [3.63, 3.8) is 0 Å². The van der Waals surface area contributed by atoms with Crippen LogP contribution < -0.4 is 4.65 Å². The molecule has 0 saturated carbocycles. The van der Waals surface area contributed by atoms with Gasteiger partial charge in [0.05, 0.1) is 24.4 Å². The van der Waals surface area contributed by atoms with Gasteiger partial charge in [-0.1, -0.05) is 29.3 Å². The zero-order valence-electron chi connectivity index (χ0n) is 18.0. The number of benzene rings is 2. The Morgan fingerprint density at radius 3 is 2.29 bits per heavy atom. The number of hydrogen-bond donors (Lipinski definition) is 1. The van der Waals surface area contributed by atoms with Crippen LogP contribution in [0, 0.1) is 6.92 Å². The van der Waals surface area contributed by atoms with E-state index in [-0.39, 0.29) is 26.9 Å². The summed E-state index contributed by atoms with van der Waals surface area (Å²) in [6.07, 6.45) is -1.34. The number of aryl methyl sites for hydroxylation is 1. The smallest absolute Gasteiger partial charge is 0.428 e. The number of aromatic carboxylic acids is 1. The Morgan fingerprint density at radius 1 is 1.15 bits per heavy atom. The van der Waals surface area contributed by atoms with E-state index in [4.69, 9.17) is 28.0 Å². The minimum absolute atomic E-state index is 0.0390. The zero-order valence-corrected chi connectivity index (χ0v) is 19.5. The van der Waals surface area contributed by atoms with Crippen LogP contribution in [0.15, 0.2) is 55.1 Å². The van der Waals surface area contributed by atoms with E-state index in [0.717, 1.165) is 0 Å². The Hall–Kier alpha value is -2.72. The molecule has 3 atom stereocenters. The second kappa shape index (κ2) is 8.49. The predicted octanol–water partition coefficient (Wildman–Crippen LogP) is 6.26. The lowest BCUT2D eigenvalue weighted by atomic mass is 9.84. The summed E-state index contributed by atoms with van der Waals surface area (Å²) in [5, 5.41) is 9.45. The number of carboxylic acid groups (broad SMARTS) is 1. The number of carbonyl (C=O) groups is 1. The van der Waals surface area contributed by atoms with Crippen molar-refractivity contribution in [2.75, 3.05) is 7.05 Å². The van der Waals surface area contributed by atoms with Gasteiger partial charge in [-0.25, -0.2) is 14.8 Å². The Bertz CT molecular complexity index is 1240. The van der Waals surface area contributed by atoms with Crippen LogP contribution in [0.3, 0.4) is 0 Å². The molecular weight excluding hydrogens is 494 g/mol. The van der Waals surface area contributed by atoms with E-state index in [0.29, 0.717) is 11.1 Å². The number of hydroxylamine groups is 2. The fourth-order valence-electron chi connectivity index (χ4n) is 4.45. The number of hydrogen-bond acceptors (Lipinski definition) is 4. The number of alkyl halides is 3. The number of halogens is 5. The lowest BCUT2D eigenvalue weighted by Gasteiger charge is -2.34. The van der Waals surface area contributed by atoms with Crippen LogP contribution >= 0.6 is 23.2 Å². The van der Waals surface area contributed by atoms with Crippen LogP contribution in [0.1, 0.15) is 39.5 Å². The molecule has 0 amide bonds. The minimum Gasteiger partial charge on any atom is -0.478 e. The molecule has 0 bridgehead atoms. The fraction of sp³-hybridized carbons (Fsp3) is 0.261. The zero-order chi connectivity index (χ0) is 24.9. The molecule has 178 valence electrons. The van der Waals surface area contributed by atoms with Crippen LogP contribution in [0.4, 0.5) is 18.9 Å². The lowest BCUT2D eigenvalue weighted by molar-refractivity contribution is -0.318. The molecule has 34 heavy (non-hydrogen) atoms. The Kier molecular flexibility index (Phi) is 6.10. The standard InChI is InChI=1S/C23H18Cl2F3N3O3/c1-13-5-14(3-4-19(13)21(32)33)20-9-22(23(26,27)28,15-6-16(24)8-17(25)7-15)34-31(20,2)18-10-29-12-30-11-18/h3-8,10-12,20H,9H2,1-2H3/p+1. The van der Waals surface area contributed by atoms with Gasteiger partial charge in [0, 0.05) is 21.2 Å². The summed E-state index contributed by atoms with van der Waals surface area (Å²) in [5.41, 5.74) is -1.78. The quantitative estimate of drug-likeness (QED) is 0.417. The van der Waals surface area contributed by atoms with Gasteiger partial charge in [-0.2, -0.15) is 18.0 Å². The second-order valence-corrected chi connectivity index (χ2v) is 9.13. The summed E-state index contributed by atoms with van der Waals surface area (Å²) in [6.45, 7) is 1.59. The normalized spacial score (nSPS) is 24.9. The molecule has 0 spiro atoms. The molecule has 1 aliphatic rings. The lowest BCUT2D eigenvalue weighted by Crippen LogP contribution is -2.49. The number of quaternary nitrogens is 1. The molecule has 0 aliphatic carbocycles.